The zero-order valence-corrected chi connectivity index (χ0v) is 31.4. The fourth-order valence-corrected chi connectivity index (χ4v) is 7.92. The first-order valence-electron chi connectivity index (χ1n) is 18.6. The molecule has 6 rings (SSSR count). The molecule has 1 aliphatic carbocycles. The summed E-state index contributed by atoms with van der Waals surface area (Å²) >= 11 is 0. The normalized spacial score (nSPS) is 21.5. The molecule has 54 heavy (non-hydrogen) atoms. The number of carbonyl (C=O) groups excluding carboxylic acids is 3. The number of hydrazine groups is 1. The number of aliphatic hydroxyl groups excluding tert-OH is 2. The van der Waals surface area contributed by atoms with Crippen molar-refractivity contribution in [3.05, 3.63) is 126 Å². The van der Waals surface area contributed by atoms with E-state index in [0.29, 0.717) is 38.8 Å². The highest BCUT2D eigenvalue weighted by Gasteiger charge is 2.56. The van der Waals surface area contributed by atoms with Gasteiger partial charge in [0.15, 0.2) is 0 Å². The summed E-state index contributed by atoms with van der Waals surface area (Å²) in [6, 6.07) is 29.7. The summed E-state index contributed by atoms with van der Waals surface area (Å²) in [6.07, 6.45) is 0.838. The number of likely N-dealkylation sites (tertiary alicyclic amines) is 1. The SMILES string of the molecule is COC(=O)N[C@H](C(=O)NN(CCC[C@@]1(Cc2ccccc2)C(=O)N(C2c3ccccc3C[C@H]2O)C[C@H]1O)Cc1ccc(-c2ccccn2)cc1)C(C)(C)C. The van der Waals surface area contributed by atoms with E-state index in [9.17, 15) is 24.6 Å². The van der Waals surface area contributed by atoms with Crippen molar-refractivity contribution in [2.75, 3.05) is 20.2 Å². The van der Waals surface area contributed by atoms with E-state index in [0.717, 1.165) is 33.5 Å². The molecule has 3 aromatic carbocycles. The van der Waals surface area contributed by atoms with E-state index in [1.807, 2.05) is 118 Å². The maximum atomic E-state index is 14.7. The first kappa shape index (κ1) is 38.6. The molecule has 0 spiro atoms. The summed E-state index contributed by atoms with van der Waals surface area (Å²) in [5.74, 6) is -0.593. The van der Waals surface area contributed by atoms with Gasteiger partial charge in [-0.3, -0.25) is 20.0 Å². The molecule has 1 aliphatic heterocycles. The number of hydrogen-bond donors (Lipinski definition) is 4. The molecule has 4 N–H and O–H groups in total. The molecular formula is C43H51N5O6. The average Bonchev–Trinajstić information content (AvgIpc) is 3.61. The first-order chi connectivity index (χ1) is 25.9. The van der Waals surface area contributed by atoms with Gasteiger partial charge in [-0.25, -0.2) is 9.80 Å². The summed E-state index contributed by atoms with van der Waals surface area (Å²) in [6.45, 7) is 6.37. The standard InChI is InChI=1S/C43H51N5O6/c1-42(2,3)38(45-41(53)54-4)39(51)46-47(27-30-18-20-31(21-19-30)34-17-10-11-23-44-34)24-12-22-43(26-29-13-6-5-7-14-29)36(50)28-48(40(43)52)37-33-16-9-8-15-32(33)25-35(37)49/h5-11,13-21,23,35-38,49-50H,12,22,24-28H2,1-4H3,(H,45,53)(H,46,51)/t35-,36-,37?,38-,43+/m1/s1. The number of benzene rings is 3. The average molecular weight is 734 g/mol. The van der Waals surface area contributed by atoms with Crippen molar-refractivity contribution >= 4 is 17.9 Å². The van der Waals surface area contributed by atoms with Gasteiger partial charge >= 0.3 is 6.09 Å². The lowest BCUT2D eigenvalue weighted by Gasteiger charge is -2.34. The van der Waals surface area contributed by atoms with Crippen molar-refractivity contribution in [2.24, 2.45) is 10.8 Å². The van der Waals surface area contributed by atoms with Gasteiger partial charge in [-0.15, -0.1) is 0 Å². The zero-order valence-electron chi connectivity index (χ0n) is 31.4. The predicted octanol–water partition coefficient (Wildman–Crippen LogP) is 5.22. The molecule has 11 heteroatoms. The highest BCUT2D eigenvalue weighted by molar-refractivity contribution is 5.87. The van der Waals surface area contributed by atoms with E-state index in [1.165, 1.54) is 7.11 Å². The quantitative estimate of drug-likeness (QED) is 0.137. The van der Waals surface area contributed by atoms with Crippen LogP contribution in [0.5, 0.6) is 0 Å². The summed E-state index contributed by atoms with van der Waals surface area (Å²) in [4.78, 5) is 47.0. The molecule has 0 saturated carbocycles. The van der Waals surface area contributed by atoms with E-state index in [4.69, 9.17) is 4.74 Å². The second kappa shape index (κ2) is 16.5. The van der Waals surface area contributed by atoms with Crippen LogP contribution in [0.15, 0.2) is 103 Å². The Labute approximate surface area is 317 Å². The van der Waals surface area contributed by atoms with E-state index < -0.39 is 47.1 Å². The van der Waals surface area contributed by atoms with Gasteiger partial charge in [0.2, 0.25) is 5.91 Å². The lowest BCUT2D eigenvalue weighted by molar-refractivity contribution is -0.142. The van der Waals surface area contributed by atoms with E-state index >= 15 is 0 Å². The Morgan fingerprint density at radius 3 is 2.35 bits per heavy atom. The third-order valence-corrected chi connectivity index (χ3v) is 10.7. The predicted molar refractivity (Wildman–Crippen MR) is 205 cm³/mol. The molecular weight excluding hydrogens is 683 g/mol. The van der Waals surface area contributed by atoms with Crippen molar-refractivity contribution in [1.82, 2.24) is 25.6 Å². The molecule has 1 saturated heterocycles. The van der Waals surface area contributed by atoms with Crippen molar-refractivity contribution in [1.29, 1.82) is 0 Å². The number of nitrogens with one attached hydrogen (secondary N) is 2. The molecule has 2 heterocycles. The Morgan fingerprint density at radius 1 is 0.963 bits per heavy atom. The van der Waals surface area contributed by atoms with Crippen LogP contribution in [-0.4, -0.2) is 81.5 Å². The number of aromatic nitrogens is 1. The van der Waals surface area contributed by atoms with Crippen LogP contribution in [0.4, 0.5) is 4.79 Å². The molecule has 1 fully saturated rings. The topological polar surface area (TPSA) is 144 Å². The molecule has 5 atom stereocenters. The van der Waals surface area contributed by atoms with Crippen molar-refractivity contribution in [3.8, 4) is 11.3 Å². The number of hydrogen-bond acceptors (Lipinski definition) is 8. The lowest BCUT2D eigenvalue weighted by atomic mass is 9.74. The van der Waals surface area contributed by atoms with Crippen LogP contribution >= 0.6 is 0 Å². The summed E-state index contributed by atoms with van der Waals surface area (Å²) in [7, 11) is 1.26. The number of amides is 3. The summed E-state index contributed by atoms with van der Waals surface area (Å²) in [5.41, 5.74) is 6.85. The Hall–Kier alpha value is -5.10. The summed E-state index contributed by atoms with van der Waals surface area (Å²) in [5, 5.41) is 27.6. The van der Waals surface area contributed by atoms with Crippen LogP contribution in [0.3, 0.4) is 0 Å². The number of alkyl carbamates (subject to hydrolysis) is 1. The number of methoxy groups -OCH3 is 1. The smallest absolute Gasteiger partial charge is 0.407 e. The first-order valence-corrected chi connectivity index (χ1v) is 18.6. The molecule has 11 nitrogen and oxygen atoms in total. The Bertz CT molecular complexity index is 1900. The molecule has 0 bridgehead atoms. The molecule has 284 valence electrons. The van der Waals surface area contributed by atoms with E-state index in [2.05, 4.69) is 15.7 Å². The fraction of sp³-hybridized carbons (Fsp3) is 0.395. The van der Waals surface area contributed by atoms with Crippen LogP contribution in [0.1, 0.15) is 61.9 Å². The maximum absolute atomic E-state index is 14.7. The number of aliphatic hydroxyl groups is 2. The monoisotopic (exact) mass is 733 g/mol. The van der Waals surface area contributed by atoms with Gasteiger partial charge in [0, 0.05) is 37.8 Å². The Morgan fingerprint density at radius 2 is 1.67 bits per heavy atom. The maximum Gasteiger partial charge on any atom is 0.407 e. The van der Waals surface area contributed by atoms with E-state index in [1.54, 1.807) is 16.1 Å². The van der Waals surface area contributed by atoms with Crippen LogP contribution in [-0.2, 0) is 33.7 Å². The van der Waals surface area contributed by atoms with Gasteiger partial charge in [-0.1, -0.05) is 106 Å². The zero-order chi connectivity index (χ0) is 38.5. The fourth-order valence-electron chi connectivity index (χ4n) is 7.92. The number of fused-ring (bicyclic) bond motifs is 1. The second-order valence-corrected chi connectivity index (χ2v) is 15.6. The molecule has 2 aliphatic rings. The minimum Gasteiger partial charge on any atom is -0.453 e. The molecule has 1 unspecified atom stereocenters. The van der Waals surface area contributed by atoms with Crippen LogP contribution < -0.4 is 10.7 Å². The van der Waals surface area contributed by atoms with Crippen LogP contribution in [0.25, 0.3) is 11.3 Å². The van der Waals surface area contributed by atoms with Gasteiger partial charge in [0.05, 0.1) is 36.5 Å². The number of carbonyl (C=O) groups is 3. The number of ether oxygens (including phenoxy) is 1. The van der Waals surface area contributed by atoms with Gasteiger partial charge in [-0.2, -0.15) is 0 Å². The van der Waals surface area contributed by atoms with Crippen LogP contribution in [0.2, 0.25) is 0 Å². The molecule has 0 radical (unpaired) electrons. The van der Waals surface area contributed by atoms with Gasteiger partial charge in [0.25, 0.3) is 5.91 Å². The largest absolute Gasteiger partial charge is 0.453 e. The van der Waals surface area contributed by atoms with Gasteiger partial charge < -0.3 is 25.2 Å². The van der Waals surface area contributed by atoms with Crippen molar-refractivity contribution < 1.29 is 29.3 Å². The highest BCUT2D eigenvalue weighted by atomic mass is 16.5. The van der Waals surface area contributed by atoms with Crippen LogP contribution in [0, 0.1) is 10.8 Å². The number of β-amino-alcohol motifs (C(OH)–C–C–N with tert-alkyl or cyclic N) is 1. The minimum absolute atomic E-state index is 0.108. The number of nitrogens with zero attached hydrogens (tertiary/aromatic N) is 3. The Kier molecular flexibility index (Phi) is 11.8. The van der Waals surface area contributed by atoms with Crippen molar-refractivity contribution in [2.45, 2.75) is 77.3 Å². The third-order valence-electron chi connectivity index (χ3n) is 10.7. The van der Waals surface area contributed by atoms with Crippen molar-refractivity contribution in [3.63, 3.8) is 0 Å². The lowest BCUT2D eigenvalue weighted by Crippen LogP contribution is -2.57. The third kappa shape index (κ3) is 8.49. The molecule has 3 amide bonds. The Balaban J connectivity index is 1.26. The summed E-state index contributed by atoms with van der Waals surface area (Å²) < 4.78 is 4.82. The van der Waals surface area contributed by atoms with Gasteiger partial charge in [0.1, 0.15) is 6.04 Å². The van der Waals surface area contributed by atoms with E-state index in [-0.39, 0.29) is 12.5 Å². The second-order valence-electron chi connectivity index (χ2n) is 15.6. The molecule has 4 aromatic rings. The van der Waals surface area contributed by atoms with Gasteiger partial charge in [-0.05, 0) is 59.1 Å². The highest BCUT2D eigenvalue weighted by Crippen LogP contribution is 2.46. The number of pyridine rings is 1. The minimum atomic E-state index is -1.15. The number of rotatable bonds is 13. The molecule has 1 aromatic heterocycles.